The summed E-state index contributed by atoms with van der Waals surface area (Å²) in [5, 5.41) is 10.7. The summed E-state index contributed by atoms with van der Waals surface area (Å²) in [6.07, 6.45) is -4.44. The standard InChI is InChI=1S/C13H9F3O2S/c1-7-6-19-11(12(17)18)10(7)8-3-2-4-9(5-8)13(14,15)16/h2-6H,1H3,(H,17,18). The smallest absolute Gasteiger partial charge is 0.416 e. The van der Waals surface area contributed by atoms with E-state index in [4.69, 9.17) is 5.11 Å². The Kier molecular flexibility index (Phi) is 3.36. The van der Waals surface area contributed by atoms with E-state index in [0.717, 1.165) is 23.5 Å². The van der Waals surface area contributed by atoms with Crippen LogP contribution in [0.4, 0.5) is 13.2 Å². The second-order valence-electron chi connectivity index (χ2n) is 4.01. The fraction of sp³-hybridized carbons (Fsp3) is 0.154. The molecule has 0 saturated heterocycles. The first kappa shape index (κ1) is 13.6. The van der Waals surface area contributed by atoms with Crippen molar-refractivity contribution in [3.05, 3.63) is 45.6 Å². The molecule has 1 heterocycles. The number of hydrogen-bond acceptors (Lipinski definition) is 2. The lowest BCUT2D eigenvalue weighted by molar-refractivity contribution is -0.137. The van der Waals surface area contributed by atoms with Crippen LogP contribution in [0.15, 0.2) is 29.6 Å². The molecule has 0 aliphatic rings. The van der Waals surface area contributed by atoms with Gasteiger partial charge in [0, 0.05) is 5.56 Å². The highest BCUT2D eigenvalue weighted by Crippen LogP contribution is 2.36. The number of thiophene rings is 1. The lowest BCUT2D eigenvalue weighted by Gasteiger charge is -2.09. The summed E-state index contributed by atoms with van der Waals surface area (Å²) >= 11 is 1.01. The van der Waals surface area contributed by atoms with E-state index in [2.05, 4.69) is 0 Å². The third kappa shape index (κ3) is 2.63. The summed E-state index contributed by atoms with van der Waals surface area (Å²) in [4.78, 5) is 11.1. The van der Waals surface area contributed by atoms with Crippen molar-refractivity contribution < 1.29 is 23.1 Å². The van der Waals surface area contributed by atoms with E-state index in [1.807, 2.05) is 0 Å². The van der Waals surface area contributed by atoms with Gasteiger partial charge in [-0.25, -0.2) is 4.79 Å². The van der Waals surface area contributed by atoms with Gasteiger partial charge in [0.05, 0.1) is 5.56 Å². The Morgan fingerprint density at radius 2 is 2.00 bits per heavy atom. The highest BCUT2D eigenvalue weighted by molar-refractivity contribution is 7.12. The number of carboxylic acids is 1. The van der Waals surface area contributed by atoms with Gasteiger partial charge in [0.25, 0.3) is 0 Å². The molecule has 0 radical (unpaired) electrons. The Bertz CT molecular complexity index is 629. The molecular formula is C13H9F3O2S. The minimum absolute atomic E-state index is 0.0526. The van der Waals surface area contributed by atoms with E-state index < -0.39 is 17.7 Å². The number of halogens is 3. The van der Waals surface area contributed by atoms with Crippen molar-refractivity contribution in [3.8, 4) is 11.1 Å². The van der Waals surface area contributed by atoms with Gasteiger partial charge in [-0.3, -0.25) is 0 Å². The molecule has 19 heavy (non-hydrogen) atoms. The summed E-state index contributed by atoms with van der Waals surface area (Å²) in [5.41, 5.74) is 0.489. The Morgan fingerprint density at radius 1 is 1.32 bits per heavy atom. The van der Waals surface area contributed by atoms with Crippen molar-refractivity contribution in [2.75, 3.05) is 0 Å². The van der Waals surface area contributed by atoms with Crippen LogP contribution < -0.4 is 0 Å². The quantitative estimate of drug-likeness (QED) is 0.886. The number of carbonyl (C=O) groups is 1. The zero-order chi connectivity index (χ0) is 14.2. The number of carboxylic acid groups (broad SMARTS) is 1. The maximum absolute atomic E-state index is 12.7. The molecule has 0 fully saturated rings. The van der Waals surface area contributed by atoms with Crippen LogP contribution in [0.1, 0.15) is 20.8 Å². The first-order valence-electron chi connectivity index (χ1n) is 5.29. The van der Waals surface area contributed by atoms with Crippen LogP contribution in [0.2, 0.25) is 0 Å². The first-order chi connectivity index (χ1) is 8.80. The second-order valence-corrected chi connectivity index (χ2v) is 4.89. The Hall–Kier alpha value is -1.82. The lowest BCUT2D eigenvalue weighted by Crippen LogP contribution is -2.05. The molecule has 0 atom stereocenters. The van der Waals surface area contributed by atoms with Gasteiger partial charge in [-0.1, -0.05) is 12.1 Å². The molecule has 0 amide bonds. The van der Waals surface area contributed by atoms with Crippen LogP contribution in [0, 0.1) is 6.92 Å². The highest BCUT2D eigenvalue weighted by Gasteiger charge is 2.31. The fourth-order valence-corrected chi connectivity index (χ4v) is 2.72. The van der Waals surface area contributed by atoms with E-state index in [1.54, 1.807) is 12.3 Å². The van der Waals surface area contributed by atoms with Crippen LogP contribution in [-0.4, -0.2) is 11.1 Å². The van der Waals surface area contributed by atoms with Crippen molar-refractivity contribution in [2.24, 2.45) is 0 Å². The Labute approximate surface area is 111 Å². The fourth-order valence-electron chi connectivity index (χ4n) is 1.81. The van der Waals surface area contributed by atoms with Crippen LogP contribution in [0.25, 0.3) is 11.1 Å². The molecule has 0 saturated carbocycles. The van der Waals surface area contributed by atoms with Gasteiger partial charge in [-0.15, -0.1) is 11.3 Å². The zero-order valence-corrected chi connectivity index (χ0v) is 10.6. The second kappa shape index (κ2) is 4.70. The van der Waals surface area contributed by atoms with E-state index in [0.29, 0.717) is 11.1 Å². The molecule has 0 bridgehead atoms. The van der Waals surface area contributed by atoms with Crippen molar-refractivity contribution in [1.82, 2.24) is 0 Å². The van der Waals surface area contributed by atoms with Crippen molar-refractivity contribution in [1.29, 1.82) is 0 Å². The number of hydrogen-bond donors (Lipinski definition) is 1. The molecule has 2 nitrogen and oxygen atoms in total. The summed E-state index contributed by atoms with van der Waals surface area (Å²) in [5.74, 6) is -1.13. The molecule has 0 aliphatic carbocycles. The Morgan fingerprint density at radius 3 is 2.58 bits per heavy atom. The third-order valence-corrected chi connectivity index (χ3v) is 3.73. The lowest BCUT2D eigenvalue weighted by atomic mass is 10.0. The van der Waals surface area contributed by atoms with Crippen LogP contribution in [0.3, 0.4) is 0 Å². The van der Waals surface area contributed by atoms with Gasteiger partial charge in [0.1, 0.15) is 4.88 Å². The van der Waals surface area contributed by atoms with E-state index >= 15 is 0 Å². The van der Waals surface area contributed by atoms with Crippen LogP contribution in [0.5, 0.6) is 0 Å². The molecular weight excluding hydrogens is 277 g/mol. The number of aromatic carboxylic acids is 1. The van der Waals surface area contributed by atoms with Crippen LogP contribution >= 0.6 is 11.3 Å². The highest BCUT2D eigenvalue weighted by atomic mass is 32.1. The maximum atomic E-state index is 12.7. The molecule has 6 heteroatoms. The molecule has 1 N–H and O–H groups in total. The van der Waals surface area contributed by atoms with Gasteiger partial charge >= 0.3 is 12.1 Å². The molecule has 100 valence electrons. The number of aryl methyl sites for hydroxylation is 1. The van der Waals surface area contributed by atoms with Gasteiger partial charge in [-0.2, -0.15) is 13.2 Å². The van der Waals surface area contributed by atoms with Crippen molar-refractivity contribution in [2.45, 2.75) is 13.1 Å². The summed E-state index contributed by atoms with van der Waals surface area (Å²) in [6, 6.07) is 4.70. The zero-order valence-electron chi connectivity index (χ0n) is 9.78. The minimum atomic E-state index is -4.44. The molecule has 2 rings (SSSR count). The normalized spacial score (nSPS) is 11.6. The predicted octanol–water partition coefficient (Wildman–Crippen LogP) is 4.44. The molecule has 0 spiro atoms. The Balaban J connectivity index is 2.60. The van der Waals surface area contributed by atoms with Crippen LogP contribution in [-0.2, 0) is 6.18 Å². The van der Waals surface area contributed by atoms with Crippen molar-refractivity contribution >= 4 is 17.3 Å². The number of alkyl halides is 3. The maximum Gasteiger partial charge on any atom is 0.416 e. The van der Waals surface area contributed by atoms with E-state index in [1.165, 1.54) is 12.1 Å². The first-order valence-corrected chi connectivity index (χ1v) is 6.17. The predicted molar refractivity (Wildman–Crippen MR) is 66.5 cm³/mol. The largest absolute Gasteiger partial charge is 0.477 e. The minimum Gasteiger partial charge on any atom is -0.477 e. The average Bonchev–Trinajstić information content (AvgIpc) is 2.70. The topological polar surface area (TPSA) is 37.3 Å². The van der Waals surface area contributed by atoms with Gasteiger partial charge in [0.2, 0.25) is 0 Å². The average molecular weight is 286 g/mol. The monoisotopic (exact) mass is 286 g/mol. The van der Waals surface area contributed by atoms with E-state index in [9.17, 15) is 18.0 Å². The summed E-state index contributed by atoms with van der Waals surface area (Å²) < 4.78 is 38.0. The number of rotatable bonds is 2. The molecule has 1 aromatic carbocycles. The molecule has 0 aliphatic heterocycles. The summed E-state index contributed by atoms with van der Waals surface area (Å²) in [6.45, 7) is 1.68. The van der Waals surface area contributed by atoms with Gasteiger partial charge < -0.3 is 5.11 Å². The SMILES string of the molecule is Cc1csc(C(=O)O)c1-c1cccc(C(F)(F)F)c1. The number of benzene rings is 1. The molecule has 2 aromatic rings. The molecule has 0 unspecified atom stereocenters. The van der Waals surface area contributed by atoms with E-state index in [-0.39, 0.29) is 10.4 Å². The van der Waals surface area contributed by atoms with Crippen molar-refractivity contribution in [3.63, 3.8) is 0 Å². The molecule has 1 aromatic heterocycles. The third-order valence-electron chi connectivity index (χ3n) is 2.65. The van der Waals surface area contributed by atoms with Gasteiger partial charge in [-0.05, 0) is 35.6 Å². The van der Waals surface area contributed by atoms with Gasteiger partial charge in [0.15, 0.2) is 0 Å². The summed E-state index contributed by atoms with van der Waals surface area (Å²) in [7, 11) is 0.